The van der Waals surface area contributed by atoms with Crippen molar-refractivity contribution in [2.45, 2.75) is 49.3 Å². The number of rotatable bonds is 6. The second kappa shape index (κ2) is 7.05. The van der Waals surface area contributed by atoms with Crippen molar-refractivity contribution >= 4 is 11.6 Å². The minimum Gasteiger partial charge on any atom is -0.291 e. The monoisotopic (exact) mass is 438 g/mol. The molecule has 0 aliphatic rings. The van der Waals surface area contributed by atoms with E-state index >= 15 is 0 Å². The highest BCUT2D eigenvalue weighted by Gasteiger charge is 2.73. The molecule has 0 saturated carbocycles. The van der Waals surface area contributed by atoms with Crippen molar-refractivity contribution in [2.24, 2.45) is 0 Å². The molecule has 0 fully saturated rings. The van der Waals surface area contributed by atoms with E-state index in [2.05, 4.69) is 0 Å². The highest BCUT2D eigenvalue weighted by atomic mass is 19.4. The van der Waals surface area contributed by atoms with Gasteiger partial charge in [-0.3, -0.25) is 9.59 Å². The van der Waals surface area contributed by atoms with Crippen LogP contribution in [0.4, 0.5) is 61.5 Å². The number of hydrogen-bond donors (Lipinski definition) is 0. The van der Waals surface area contributed by atoms with E-state index in [4.69, 9.17) is 0 Å². The summed E-state index contributed by atoms with van der Waals surface area (Å²) in [7, 11) is 0. The maximum Gasteiger partial charge on any atom is 0.525 e. The van der Waals surface area contributed by atoms with Crippen LogP contribution < -0.4 is 0 Å². The van der Waals surface area contributed by atoms with E-state index in [0.717, 1.165) is 0 Å². The average molecular weight is 438 g/mol. The van der Waals surface area contributed by atoms with Crippen LogP contribution in [0.2, 0.25) is 0 Å². The number of hydrogen-bond acceptors (Lipinski definition) is 3. The van der Waals surface area contributed by atoms with Gasteiger partial charge in [-0.15, -0.1) is 13.2 Å². The van der Waals surface area contributed by atoms with Crippen LogP contribution in [0.5, 0.6) is 0 Å². The van der Waals surface area contributed by atoms with E-state index in [1.807, 2.05) is 4.74 Å². The molecular formula is C10H4F14O3. The lowest BCUT2D eigenvalue weighted by molar-refractivity contribution is -0.446. The van der Waals surface area contributed by atoms with Gasteiger partial charge in [-0.2, -0.15) is 39.5 Å². The van der Waals surface area contributed by atoms with Gasteiger partial charge >= 0.3 is 36.4 Å². The molecule has 0 aromatic heterocycles. The minimum absolute atomic E-state index is 1.97. The molecule has 0 rings (SSSR count). The normalized spacial score (nSPS) is 16.8. The van der Waals surface area contributed by atoms with Crippen molar-refractivity contribution in [3.63, 3.8) is 0 Å². The van der Waals surface area contributed by atoms with Crippen LogP contribution in [-0.4, -0.2) is 48.0 Å². The maximum atomic E-state index is 13.3. The van der Waals surface area contributed by atoms with Crippen LogP contribution >= 0.6 is 0 Å². The van der Waals surface area contributed by atoms with Crippen LogP contribution in [0.25, 0.3) is 0 Å². The quantitative estimate of drug-likeness (QED) is 0.453. The van der Waals surface area contributed by atoms with Crippen LogP contribution in [0.3, 0.4) is 0 Å². The van der Waals surface area contributed by atoms with E-state index in [1.165, 1.54) is 0 Å². The van der Waals surface area contributed by atoms with Gasteiger partial charge in [0.15, 0.2) is 0 Å². The molecule has 0 aromatic rings. The smallest absolute Gasteiger partial charge is 0.291 e. The average Bonchev–Trinajstić information content (AvgIpc) is 2.31. The van der Waals surface area contributed by atoms with Gasteiger partial charge < -0.3 is 0 Å². The molecule has 17 heteroatoms. The van der Waals surface area contributed by atoms with Gasteiger partial charge in [0.1, 0.15) is 0 Å². The van der Waals surface area contributed by atoms with E-state index in [1.54, 1.807) is 0 Å². The summed E-state index contributed by atoms with van der Waals surface area (Å²) in [5.74, 6) is -12.4. The molecule has 0 heterocycles. The number of Topliss-reactive ketones (excluding diaryl/α,β-unsaturated/α-hetero) is 2. The number of alkyl halides is 14. The highest BCUT2D eigenvalue weighted by molar-refractivity contribution is 6.37. The Kier molecular flexibility index (Phi) is 6.61. The summed E-state index contributed by atoms with van der Waals surface area (Å²) >= 11 is 0. The fourth-order valence-electron chi connectivity index (χ4n) is 1.36. The molecule has 0 N–H and O–H groups in total. The van der Waals surface area contributed by atoms with Crippen molar-refractivity contribution in [3.8, 4) is 0 Å². The Morgan fingerprint density at radius 3 is 1.15 bits per heavy atom. The molecule has 0 bridgehead atoms. The lowest BCUT2D eigenvalue weighted by atomic mass is 9.93. The van der Waals surface area contributed by atoms with Crippen molar-refractivity contribution in [3.05, 3.63) is 0 Å². The molecule has 1 atom stereocenters. The van der Waals surface area contributed by atoms with Gasteiger partial charge in [0.05, 0.1) is 12.8 Å². The van der Waals surface area contributed by atoms with Crippen LogP contribution in [0.15, 0.2) is 0 Å². The third kappa shape index (κ3) is 5.90. The molecule has 27 heavy (non-hydrogen) atoms. The van der Waals surface area contributed by atoms with Gasteiger partial charge in [0.25, 0.3) is 0 Å². The first-order chi connectivity index (χ1) is 11.5. The molecule has 0 aromatic carbocycles. The van der Waals surface area contributed by atoms with Gasteiger partial charge in [-0.05, 0) is 0 Å². The summed E-state index contributed by atoms with van der Waals surface area (Å²) in [5, 5.41) is 0. The van der Waals surface area contributed by atoms with Gasteiger partial charge in [-0.25, -0.2) is 13.5 Å². The van der Waals surface area contributed by atoms with Crippen molar-refractivity contribution in [1.29, 1.82) is 0 Å². The molecule has 0 spiro atoms. The molecule has 1 unspecified atom stereocenters. The zero-order chi connectivity index (χ0) is 22.3. The lowest BCUT2D eigenvalue weighted by Gasteiger charge is -2.30. The second-order valence-corrected chi connectivity index (χ2v) is 4.77. The zero-order valence-corrected chi connectivity index (χ0v) is 11.9. The maximum absolute atomic E-state index is 13.3. The first-order valence-electron chi connectivity index (χ1n) is 5.88. The van der Waals surface area contributed by atoms with Gasteiger partial charge in [-0.1, -0.05) is 0 Å². The Labute approximate surface area is 138 Å². The number of carbonyl (C=O) groups excluding carboxylic acids is 2. The lowest BCUT2D eigenvalue weighted by Crippen LogP contribution is -2.55. The summed E-state index contributed by atoms with van der Waals surface area (Å²) < 4.78 is 174. The summed E-state index contributed by atoms with van der Waals surface area (Å²) in [6, 6.07) is 0. The first kappa shape index (κ1) is 25.3. The van der Waals surface area contributed by atoms with Crippen LogP contribution in [0, 0.1) is 0 Å². The number of halogens is 14. The standard InChI is InChI=1S/C10H4F14O3/c11-5(7(13,14)15,8(16,17)18)1-3(25)4(26)2-6(12,9(19,20)21)27-10(22,23)24/h1-2H2. The molecule has 0 aliphatic heterocycles. The number of carbonyl (C=O) groups is 2. The Morgan fingerprint density at radius 2 is 0.889 bits per heavy atom. The van der Waals surface area contributed by atoms with E-state index < -0.39 is 60.8 Å². The fourth-order valence-corrected chi connectivity index (χ4v) is 1.36. The number of ether oxygens (including phenoxy) is 1. The predicted octanol–water partition coefficient (Wildman–Crippen LogP) is 4.50. The first-order valence-corrected chi connectivity index (χ1v) is 5.88. The molecule has 3 nitrogen and oxygen atoms in total. The van der Waals surface area contributed by atoms with E-state index in [-0.39, 0.29) is 0 Å². The van der Waals surface area contributed by atoms with E-state index in [0.29, 0.717) is 0 Å². The van der Waals surface area contributed by atoms with Crippen molar-refractivity contribution in [2.75, 3.05) is 0 Å². The Bertz CT molecular complexity index is 554. The van der Waals surface area contributed by atoms with E-state index in [9.17, 15) is 71.1 Å². The topological polar surface area (TPSA) is 43.4 Å². The Hall–Kier alpha value is -1.68. The fraction of sp³-hybridized carbons (Fsp3) is 0.800. The van der Waals surface area contributed by atoms with Crippen molar-refractivity contribution in [1.82, 2.24) is 0 Å². The third-order valence-corrected chi connectivity index (χ3v) is 2.70. The molecule has 0 radical (unpaired) electrons. The van der Waals surface area contributed by atoms with Crippen molar-refractivity contribution < 1.29 is 75.8 Å². The number of ketones is 2. The summed E-state index contributed by atoms with van der Waals surface area (Å²) in [6.07, 6.45) is -33.7. The van der Waals surface area contributed by atoms with Gasteiger partial charge in [0, 0.05) is 0 Å². The summed E-state index contributed by atoms with van der Waals surface area (Å²) in [6.45, 7) is 0. The Balaban J connectivity index is 5.70. The molecule has 160 valence electrons. The predicted molar refractivity (Wildman–Crippen MR) is 52.2 cm³/mol. The largest absolute Gasteiger partial charge is 0.525 e. The highest BCUT2D eigenvalue weighted by Crippen LogP contribution is 2.49. The molecule has 0 saturated heterocycles. The second-order valence-electron chi connectivity index (χ2n) is 4.77. The van der Waals surface area contributed by atoms with Crippen LogP contribution in [0.1, 0.15) is 12.8 Å². The summed E-state index contributed by atoms with van der Waals surface area (Å²) in [4.78, 5) is 21.9. The minimum atomic E-state index is -6.89. The Morgan fingerprint density at radius 1 is 0.556 bits per heavy atom. The van der Waals surface area contributed by atoms with Gasteiger partial charge in [0.2, 0.25) is 11.6 Å². The molecular weight excluding hydrogens is 434 g/mol. The third-order valence-electron chi connectivity index (χ3n) is 2.70. The SMILES string of the molecule is O=C(CC(F)(OC(F)(F)F)C(F)(F)F)C(=O)CC(F)(C(F)(F)F)C(F)(F)F. The molecule has 0 amide bonds. The summed E-state index contributed by atoms with van der Waals surface area (Å²) in [5.41, 5.74) is -6.42. The molecule has 0 aliphatic carbocycles. The zero-order valence-electron chi connectivity index (χ0n) is 11.9. The van der Waals surface area contributed by atoms with Crippen LogP contribution in [-0.2, 0) is 14.3 Å².